The number of aryl methyl sites for hydroxylation is 2. The first-order valence-electron chi connectivity index (χ1n) is 7.74. The van der Waals surface area contributed by atoms with Crippen molar-refractivity contribution in [2.24, 2.45) is 0 Å². The summed E-state index contributed by atoms with van der Waals surface area (Å²) in [5.74, 6) is 0.285. The van der Waals surface area contributed by atoms with E-state index in [1.807, 2.05) is 6.92 Å². The van der Waals surface area contributed by atoms with Gasteiger partial charge in [-0.25, -0.2) is 8.42 Å². The highest BCUT2D eigenvalue weighted by Crippen LogP contribution is 2.23. The lowest BCUT2D eigenvalue weighted by atomic mass is 10.1. The third kappa shape index (κ3) is 3.98. The van der Waals surface area contributed by atoms with Crippen LogP contribution in [0.4, 0.5) is 5.69 Å². The summed E-state index contributed by atoms with van der Waals surface area (Å²) < 4.78 is 26.1. The number of benzene rings is 1. The first-order chi connectivity index (χ1) is 9.94. The first kappa shape index (κ1) is 16.3. The Labute approximate surface area is 128 Å². The number of hydrogen-bond donors (Lipinski definition) is 0. The number of sulfonamides is 1. The maximum Gasteiger partial charge on any atom is 0.214 e. The summed E-state index contributed by atoms with van der Waals surface area (Å²) in [4.78, 5) is 2.30. The molecule has 4 nitrogen and oxygen atoms in total. The van der Waals surface area contributed by atoms with Gasteiger partial charge in [0.05, 0.1) is 5.75 Å². The predicted molar refractivity (Wildman–Crippen MR) is 88.4 cm³/mol. The standard InChI is InChI=1S/C16H26N2O2S/c1-4-5-12-21(19,20)18-10-8-17(9-11-18)16-13-14(2)6-7-15(16)3/h6-7,13H,4-5,8-12H2,1-3H3. The van der Waals surface area contributed by atoms with Gasteiger partial charge in [0, 0.05) is 31.9 Å². The molecule has 0 unspecified atom stereocenters. The predicted octanol–water partition coefficient (Wildman–Crippen LogP) is 2.56. The average molecular weight is 310 g/mol. The van der Waals surface area contributed by atoms with Crippen molar-refractivity contribution in [1.29, 1.82) is 0 Å². The first-order valence-corrected chi connectivity index (χ1v) is 9.35. The van der Waals surface area contributed by atoms with Gasteiger partial charge in [-0.3, -0.25) is 0 Å². The summed E-state index contributed by atoms with van der Waals surface area (Å²) in [6.45, 7) is 8.96. The van der Waals surface area contributed by atoms with E-state index >= 15 is 0 Å². The van der Waals surface area contributed by atoms with Gasteiger partial charge in [0.2, 0.25) is 10.0 Å². The molecule has 1 aromatic rings. The highest BCUT2D eigenvalue weighted by Gasteiger charge is 2.26. The van der Waals surface area contributed by atoms with Gasteiger partial charge in [0.25, 0.3) is 0 Å². The molecule has 2 rings (SSSR count). The van der Waals surface area contributed by atoms with Crippen molar-refractivity contribution in [2.75, 3.05) is 36.8 Å². The van der Waals surface area contributed by atoms with Crippen LogP contribution in [-0.2, 0) is 10.0 Å². The van der Waals surface area contributed by atoms with Gasteiger partial charge in [0.1, 0.15) is 0 Å². The topological polar surface area (TPSA) is 40.6 Å². The van der Waals surface area contributed by atoms with Crippen molar-refractivity contribution in [3.63, 3.8) is 0 Å². The molecule has 21 heavy (non-hydrogen) atoms. The van der Waals surface area contributed by atoms with E-state index in [0.717, 1.165) is 25.9 Å². The summed E-state index contributed by atoms with van der Waals surface area (Å²) in [6, 6.07) is 6.44. The number of hydrogen-bond acceptors (Lipinski definition) is 3. The van der Waals surface area contributed by atoms with Crippen molar-refractivity contribution >= 4 is 15.7 Å². The number of piperazine rings is 1. The Hall–Kier alpha value is -1.07. The zero-order valence-corrected chi connectivity index (χ0v) is 14.1. The number of anilines is 1. The largest absolute Gasteiger partial charge is 0.369 e. The van der Waals surface area contributed by atoms with E-state index in [-0.39, 0.29) is 5.75 Å². The van der Waals surface area contributed by atoms with Crippen molar-refractivity contribution in [2.45, 2.75) is 33.6 Å². The van der Waals surface area contributed by atoms with Crippen molar-refractivity contribution in [1.82, 2.24) is 4.31 Å². The summed E-state index contributed by atoms with van der Waals surface area (Å²) in [7, 11) is -3.06. The summed E-state index contributed by atoms with van der Waals surface area (Å²) in [5.41, 5.74) is 3.73. The minimum Gasteiger partial charge on any atom is -0.369 e. The Morgan fingerprint density at radius 1 is 1.10 bits per heavy atom. The van der Waals surface area contributed by atoms with Gasteiger partial charge in [-0.15, -0.1) is 0 Å². The molecule has 0 spiro atoms. The van der Waals surface area contributed by atoms with Gasteiger partial charge < -0.3 is 4.90 Å². The smallest absolute Gasteiger partial charge is 0.214 e. The monoisotopic (exact) mass is 310 g/mol. The minimum atomic E-state index is -3.06. The third-order valence-electron chi connectivity index (χ3n) is 4.09. The molecule has 1 aliphatic heterocycles. The van der Waals surface area contributed by atoms with E-state index < -0.39 is 10.0 Å². The molecule has 0 radical (unpaired) electrons. The summed E-state index contributed by atoms with van der Waals surface area (Å²) in [6.07, 6.45) is 1.67. The molecule has 1 fully saturated rings. The molecule has 5 heteroatoms. The second kappa shape index (κ2) is 6.79. The zero-order chi connectivity index (χ0) is 15.5. The van der Waals surface area contributed by atoms with Gasteiger partial charge in [-0.1, -0.05) is 25.5 Å². The van der Waals surface area contributed by atoms with E-state index in [1.54, 1.807) is 4.31 Å². The second-order valence-corrected chi connectivity index (χ2v) is 7.93. The zero-order valence-electron chi connectivity index (χ0n) is 13.3. The van der Waals surface area contributed by atoms with E-state index in [2.05, 4.69) is 36.9 Å². The van der Waals surface area contributed by atoms with Gasteiger partial charge in [-0.05, 0) is 37.5 Å². The lowest BCUT2D eigenvalue weighted by Gasteiger charge is -2.36. The Bertz CT molecular complexity index is 576. The molecule has 118 valence electrons. The van der Waals surface area contributed by atoms with Crippen LogP contribution in [0.5, 0.6) is 0 Å². The highest BCUT2D eigenvalue weighted by atomic mass is 32.2. The lowest BCUT2D eigenvalue weighted by molar-refractivity contribution is 0.384. The Balaban J connectivity index is 2.02. The fraction of sp³-hybridized carbons (Fsp3) is 0.625. The molecule has 0 aromatic heterocycles. The van der Waals surface area contributed by atoms with Crippen molar-refractivity contribution < 1.29 is 8.42 Å². The van der Waals surface area contributed by atoms with Crippen molar-refractivity contribution in [3.05, 3.63) is 29.3 Å². The Morgan fingerprint density at radius 2 is 1.76 bits per heavy atom. The molecule has 0 N–H and O–H groups in total. The molecular formula is C16H26N2O2S. The van der Waals surface area contributed by atoms with E-state index in [1.165, 1.54) is 16.8 Å². The van der Waals surface area contributed by atoms with Crippen LogP contribution < -0.4 is 4.90 Å². The molecule has 0 atom stereocenters. The van der Waals surface area contributed by atoms with Crippen LogP contribution in [0.2, 0.25) is 0 Å². The molecule has 1 aliphatic rings. The maximum absolute atomic E-state index is 12.2. The van der Waals surface area contributed by atoms with Crippen LogP contribution >= 0.6 is 0 Å². The van der Waals surface area contributed by atoms with Crippen LogP contribution in [0.1, 0.15) is 30.9 Å². The average Bonchev–Trinajstić information content (AvgIpc) is 2.48. The molecule has 0 bridgehead atoms. The normalized spacial score (nSPS) is 17.2. The quantitative estimate of drug-likeness (QED) is 0.839. The Kier molecular flexibility index (Phi) is 5.27. The van der Waals surface area contributed by atoms with Gasteiger partial charge >= 0.3 is 0 Å². The molecule has 0 amide bonds. The van der Waals surface area contributed by atoms with Crippen LogP contribution in [0, 0.1) is 13.8 Å². The van der Waals surface area contributed by atoms with Crippen molar-refractivity contribution in [3.8, 4) is 0 Å². The van der Waals surface area contributed by atoms with Crippen LogP contribution in [0.25, 0.3) is 0 Å². The van der Waals surface area contributed by atoms with Crippen LogP contribution in [0.15, 0.2) is 18.2 Å². The third-order valence-corrected chi connectivity index (χ3v) is 6.05. The van der Waals surface area contributed by atoms with E-state index in [0.29, 0.717) is 13.1 Å². The summed E-state index contributed by atoms with van der Waals surface area (Å²) in [5, 5.41) is 0. The summed E-state index contributed by atoms with van der Waals surface area (Å²) >= 11 is 0. The van der Waals surface area contributed by atoms with Crippen LogP contribution in [0.3, 0.4) is 0 Å². The van der Waals surface area contributed by atoms with Gasteiger partial charge in [-0.2, -0.15) is 4.31 Å². The molecule has 1 saturated heterocycles. The minimum absolute atomic E-state index is 0.285. The lowest BCUT2D eigenvalue weighted by Crippen LogP contribution is -2.49. The maximum atomic E-state index is 12.2. The molecule has 1 heterocycles. The molecule has 0 saturated carbocycles. The Morgan fingerprint density at radius 3 is 2.38 bits per heavy atom. The molecule has 0 aliphatic carbocycles. The van der Waals surface area contributed by atoms with E-state index in [9.17, 15) is 8.42 Å². The molecular weight excluding hydrogens is 284 g/mol. The fourth-order valence-electron chi connectivity index (χ4n) is 2.72. The number of unbranched alkanes of at least 4 members (excludes halogenated alkanes) is 1. The van der Waals surface area contributed by atoms with E-state index in [4.69, 9.17) is 0 Å². The fourth-order valence-corrected chi connectivity index (χ4v) is 4.35. The van der Waals surface area contributed by atoms with Gasteiger partial charge in [0.15, 0.2) is 0 Å². The number of nitrogens with zero attached hydrogens (tertiary/aromatic N) is 2. The van der Waals surface area contributed by atoms with Crippen LogP contribution in [-0.4, -0.2) is 44.7 Å². The second-order valence-electron chi connectivity index (χ2n) is 5.85. The number of rotatable bonds is 5. The highest BCUT2D eigenvalue weighted by molar-refractivity contribution is 7.89. The SMILES string of the molecule is CCCCS(=O)(=O)N1CCN(c2cc(C)ccc2C)CC1. The molecule has 1 aromatic carbocycles.